The fraction of sp³-hybridized carbons (Fsp3) is 0.682. The van der Waals surface area contributed by atoms with Crippen molar-refractivity contribution in [2.75, 3.05) is 7.11 Å². The first-order valence-electron chi connectivity index (χ1n) is 9.67. The molecule has 0 heterocycles. The van der Waals surface area contributed by atoms with Crippen LogP contribution in [0, 0.1) is 34.5 Å². The molecule has 5 rings (SSSR count). The maximum absolute atomic E-state index is 11.7. The summed E-state index contributed by atoms with van der Waals surface area (Å²) in [5, 5.41) is 0. The third kappa shape index (κ3) is 1.56. The van der Waals surface area contributed by atoms with Gasteiger partial charge in [-0.05, 0) is 89.9 Å². The van der Waals surface area contributed by atoms with Crippen molar-refractivity contribution in [1.82, 2.24) is 0 Å². The molecule has 3 fully saturated rings. The molecule has 1 aromatic rings. The molecule has 0 unspecified atom stereocenters. The van der Waals surface area contributed by atoms with Crippen molar-refractivity contribution in [1.29, 1.82) is 0 Å². The fourth-order valence-corrected chi connectivity index (χ4v) is 7.64. The van der Waals surface area contributed by atoms with Crippen LogP contribution in [0.15, 0.2) is 18.2 Å². The van der Waals surface area contributed by atoms with E-state index in [0.717, 1.165) is 24.0 Å². The predicted molar refractivity (Wildman–Crippen MR) is 94.1 cm³/mol. The highest BCUT2D eigenvalue weighted by atomic mass is 16.5. The predicted octanol–water partition coefficient (Wildman–Crippen LogP) is 4.61. The Morgan fingerprint density at radius 2 is 2.17 bits per heavy atom. The van der Waals surface area contributed by atoms with Crippen LogP contribution in [0.3, 0.4) is 0 Å². The summed E-state index contributed by atoms with van der Waals surface area (Å²) in [6.45, 7) is 4.91. The van der Waals surface area contributed by atoms with Gasteiger partial charge in [0.15, 0.2) is 0 Å². The Hall–Kier alpha value is -1.31. The molecule has 24 heavy (non-hydrogen) atoms. The van der Waals surface area contributed by atoms with Crippen molar-refractivity contribution in [2.45, 2.75) is 51.9 Å². The number of aldehydes is 1. The molecule has 0 amide bonds. The number of rotatable bonds is 2. The van der Waals surface area contributed by atoms with Gasteiger partial charge < -0.3 is 9.53 Å². The topological polar surface area (TPSA) is 26.3 Å². The minimum Gasteiger partial charge on any atom is -0.497 e. The van der Waals surface area contributed by atoms with Crippen LogP contribution in [0.4, 0.5) is 0 Å². The summed E-state index contributed by atoms with van der Waals surface area (Å²) < 4.78 is 5.45. The largest absolute Gasteiger partial charge is 0.497 e. The summed E-state index contributed by atoms with van der Waals surface area (Å²) in [6, 6.07) is 6.74. The van der Waals surface area contributed by atoms with Crippen LogP contribution in [-0.2, 0) is 11.2 Å². The molecular formula is C22H28O2. The van der Waals surface area contributed by atoms with Gasteiger partial charge in [-0.25, -0.2) is 0 Å². The van der Waals surface area contributed by atoms with Crippen LogP contribution in [-0.4, -0.2) is 13.4 Å². The highest BCUT2D eigenvalue weighted by Crippen LogP contribution is 2.83. The van der Waals surface area contributed by atoms with E-state index in [0.29, 0.717) is 23.2 Å². The molecule has 0 radical (unpaired) electrons. The minimum atomic E-state index is 0.263. The normalized spacial score (nSPS) is 47.9. The third-order valence-corrected chi connectivity index (χ3v) is 8.64. The van der Waals surface area contributed by atoms with E-state index in [4.69, 9.17) is 4.74 Å². The Morgan fingerprint density at radius 3 is 2.92 bits per heavy atom. The lowest BCUT2D eigenvalue weighted by atomic mass is 9.49. The standard InChI is InChI=1S/C22H28O2/c1-13-8-14-9-17(24-3)4-5-18(14)19-6-7-21(2)16(12-23)10-15-11-22(15,21)20(13)19/h4-5,9,12-13,15-16,19-20H,6-8,10-11H2,1-3H3/t13-,15-,16+,19-,20-,21-,22-/m1/s1. The first-order valence-corrected chi connectivity index (χ1v) is 9.67. The van der Waals surface area contributed by atoms with Gasteiger partial charge in [0, 0.05) is 5.92 Å². The molecule has 4 aliphatic carbocycles. The lowest BCUT2D eigenvalue weighted by Crippen LogP contribution is -2.48. The van der Waals surface area contributed by atoms with E-state index >= 15 is 0 Å². The lowest BCUT2D eigenvalue weighted by Gasteiger charge is -2.55. The molecule has 0 aliphatic heterocycles. The molecule has 7 atom stereocenters. The molecule has 1 spiro atoms. The second kappa shape index (κ2) is 4.65. The molecule has 1 aromatic carbocycles. The first kappa shape index (κ1) is 15.0. The van der Waals surface area contributed by atoms with Crippen LogP contribution in [0.2, 0.25) is 0 Å². The van der Waals surface area contributed by atoms with Gasteiger partial charge >= 0.3 is 0 Å². The van der Waals surface area contributed by atoms with Gasteiger partial charge in [-0.1, -0.05) is 19.9 Å². The fourth-order valence-electron chi connectivity index (χ4n) is 7.64. The number of benzene rings is 1. The lowest BCUT2D eigenvalue weighted by molar-refractivity contribution is -0.118. The van der Waals surface area contributed by atoms with Gasteiger partial charge in [-0.3, -0.25) is 0 Å². The Morgan fingerprint density at radius 1 is 1.33 bits per heavy atom. The number of hydrogen-bond acceptors (Lipinski definition) is 2. The second-order valence-corrected chi connectivity index (χ2v) is 9.25. The van der Waals surface area contributed by atoms with Crippen molar-refractivity contribution in [3.8, 4) is 5.75 Å². The molecular weight excluding hydrogens is 296 g/mol. The molecule has 0 N–H and O–H groups in total. The third-order valence-electron chi connectivity index (χ3n) is 8.64. The van der Waals surface area contributed by atoms with E-state index in [9.17, 15) is 4.79 Å². The highest BCUT2D eigenvalue weighted by Gasteiger charge is 2.77. The maximum atomic E-state index is 11.7. The monoisotopic (exact) mass is 324 g/mol. The van der Waals surface area contributed by atoms with Gasteiger partial charge in [-0.2, -0.15) is 0 Å². The SMILES string of the molecule is COc1ccc2c(c1)C[C@@H](C)[C@@H]1[C@@H]2CC[C@]2(C)[C@H](C=O)C[C@@H]3C[C@@]312. The Kier molecular flexibility index (Phi) is 2.90. The van der Waals surface area contributed by atoms with Gasteiger partial charge in [0.25, 0.3) is 0 Å². The molecule has 2 heteroatoms. The van der Waals surface area contributed by atoms with E-state index in [1.807, 2.05) is 0 Å². The summed E-state index contributed by atoms with van der Waals surface area (Å²) in [5.41, 5.74) is 3.80. The van der Waals surface area contributed by atoms with E-state index in [1.165, 1.54) is 37.5 Å². The van der Waals surface area contributed by atoms with Crippen molar-refractivity contribution in [2.24, 2.45) is 34.5 Å². The highest BCUT2D eigenvalue weighted by molar-refractivity contribution is 5.59. The summed E-state index contributed by atoms with van der Waals surface area (Å²) in [6.07, 6.45) is 7.48. The summed E-state index contributed by atoms with van der Waals surface area (Å²) in [7, 11) is 1.76. The zero-order chi connectivity index (χ0) is 16.7. The van der Waals surface area contributed by atoms with Gasteiger partial charge in [0.05, 0.1) is 7.11 Å². The van der Waals surface area contributed by atoms with Crippen molar-refractivity contribution < 1.29 is 9.53 Å². The Balaban J connectivity index is 1.60. The summed E-state index contributed by atoms with van der Waals surface area (Å²) >= 11 is 0. The Bertz CT molecular complexity index is 710. The van der Waals surface area contributed by atoms with Crippen LogP contribution in [0.1, 0.15) is 56.6 Å². The molecule has 4 aliphatic rings. The number of ether oxygens (including phenoxy) is 1. The van der Waals surface area contributed by atoms with Gasteiger partial charge in [0.2, 0.25) is 0 Å². The van der Waals surface area contributed by atoms with Gasteiger partial charge in [0.1, 0.15) is 12.0 Å². The first-order chi connectivity index (χ1) is 11.5. The van der Waals surface area contributed by atoms with Crippen LogP contribution in [0.5, 0.6) is 5.75 Å². The van der Waals surface area contributed by atoms with E-state index in [2.05, 4.69) is 32.0 Å². The number of carbonyl (C=O) groups is 1. The zero-order valence-electron chi connectivity index (χ0n) is 15.0. The molecule has 128 valence electrons. The molecule has 0 aromatic heterocycles. The molecule has 2 nitrogen and oxygen atoms in total. The van der Waals surface area contributed by atoms with Crippen molar-refractivity contribution in [3.05, 3.63) is 29.3 Å². The van der Waals surface area contributed by atoms with Crippen LogP contribution >= 0.6 is 0 Å². The van der Waals surface area contributed by atoms with E-state index in [-0.39, 0.29) is 5.41 Å². The van der Waals surface area contributed by atoms with Crippen LogP contribution in [0.25, 0.3) is 0 Å². The zero-order valence-corrected chi connectivity index (χ0v) is 15.0. The summed E-state index contributed by atoms with van der Waals surface area (Å²) in [4.78, 5) is 11.7. The average Bonchev–Trinajstić information content (AvgIpc) is 3.24. The van der Waals surface area contributed by atoms with Crippen LogP contribution < -0.4 is 4.74 Å². The number of hydrogen-bond donors (Lipinski definition) is 0. The second-order valence-electron chi connectivity index (χ2n) is 9.25. The average molecular weight is 324 g/mol. The summed E-state index contributed by atoms with van der Waals surface area (Å²) in [5.74, 6) is 4.29. The molecule has 3 saturated carbocycles. The van der Waals surface area contributed by atoms with Crippen molar-refractivity contribution >= 4 is 6.29 Å². The smallest absolute Gasteiger partial charge is 0.123 e. The number of methoxy groups -OCH3 is 1. The van der Waals surface area contributed by atoms with E-state index in [1.54, 1.807) is 12.7 Å². The maximum Gasteiger partial charge on any atom is 0.123 e. The Labute approximate surface area is 145 Å². The van der Waals surface area contributed by atoms with E-state index < -0.39 is 0 Å². The number of carbonyl (C=O) groups excluding carboxylic acids is 1. The molecule has 0 saturated heterocycles. The quantitative estimate of drug-likeness (QED) is 0.742. The number of fused-ring (bicyclic) bond motifs is 3. The molecule has 0 bridgehead atoms. The van der Waals surface area contributed by atoms with Gasteiger partial charge in [-0.15, -0.1) is 0 Å². The van der Waals surface area contributed by atoms with Crippen molar-refractivity contribution in [3.63, 3.8) is 0 Å². The minimum absolute atomic E-state index is 0.263.